The zero-order chi connectivity index (χ0) is 12.3. The van der Waals surface area contributed by atoms with Crippen molar-refractivity contribution in [3.63, 3.8) is 0 Å². The molecule has 0 saturated heterocycles. The number of halogens is 3. The average molecular weight is 343 g/mol. The van der Waals surface area contributed by atoms with Crippen LogP contribution in [0.2, 0.25) is 0 Å². The second-order valence-electron chi connectivity index (χ2n) is 2.70. The molecule has 0 radical (unpaired) electrons. The van der Waals surface area contributed by atoms with Crippen LogP contribution < -0.4 is 4.74 Å². The summed E-state index contributed by atoms with van der Waals surface area (Å²) in [4.78, 5) is 14.9. The predicted molar refractivity (Wildman–Crippen MR) is 59.8 cm³/mol. The Morgan fingerprint density at radius 1 is 1.50 bits per heavy atom. The van der Waals surface area contributed by atoms with Gasteiger partial charge in [-0.3, -0.25) is 0 Å². The SMILES string of the molecule is COC(=O)c1ncc(C(F)F)c(OC)c1I. The number of alkyl halides is 2. The van der Waals surface area contributed by atoms with E-state index in [9.17, 15) is 13.6 Å². The highest BCUT2D eigenvalue weighted by atomic mass is 127. The summed E-state index contributed by atoms with van der Waals surface area (Å²) in [5.74, 6) is -0.741. The Labute approximate surface area is 104 Å². The van der Waals surface area contributed by atoms with E-state index in [4.69, 9.17) is 4.74 Å². The van der Waals surface area contributed by atoms with Crippen molar-refractivity contribution in [1.82, 2.24) is 4.98 Å². The first kappa shape index (κ1) is 13.1. The Morgan fingerprint density at radius 3 is 2.56 bits per heavy atom. The van der Waals surface area contributed by atoms with Gasteiger partial charge in [-0.1, -0.05) is 0 Å². The monoisotopic (exact) mass is 343 g/mol. The van der Waals surface area contributed by atoms with Crippen LogP contribution >= 0.6 is 22.6 Å². The van der Waals surface area contributed by atoms with Crippen LogP contribution in [-0.4, -0.2) is 25.2 Å². The number of ether oxygens (including phenoxy) is 2. The van der Waals surface area contributed by atoms with E-state index in [1.54, 1.807) is 22.6 Å². The summed E-state index contributed by atoms with van der Waals surface area (Å²) in [6, 6.07) is 0. The number of aromatic nitrogens is 1. The molecule has 0 N–H and O–H groups in total. The molecule has 0 saturated carbocycles. The predicted octanol–water partition coefficient (Wildman–Crippen LogP) is 2.42. The van der Waals surface area contributed by atoms with Crippen molar-refractivity contribution in [3.8, 4) is 5.75 Å². The van der Waals surface area contributed by atoms with Crippen molar-refractivity contribution in [2.75, 3.05) is 14.2 Å². The van der Waals surface area contributed by atoms with Crippen molar-refractivity contribution < 1.29 is 23.0 Å². The Hall–Kier alpha value is -0.990. The number of methoxy groups -OCH3 is 2. The van der Waals surface area contributed by atoms with Gasteiger partial charge in [0.25, 0.3) is 6.43 Å². The van der Waals surface area contributed by atoms with Crippen molar-refractivity contribution >= 4 is 28.6 Å². The van der Waals surface area contributed by atoms with E-state index in [1.807, 2.05) is 0 Å². The van der Waals surface area contributed by atoms with Crippen molar-refractivity contribution in [3.05, 3.63) is 21.0 Å². The third-order valence-electron chi connectivity index (χ3n) is 1.82. The molecule has 7 heteroatoms. The molecule has 4 nitrogen and oxygen atoms in total. The smallest absolute Gasteiger partial charge is 0.357 e. The van der Waals surface area contributed by atoms with Gasteiger partial charge in [0.1, 0.15) is 5.75 Å². The molecule has 0 aromatic carbocycles. The zero-order valence-corrected chi connectivity index (χ0v) is 10.6. The van der Waals surface area contributed by atoms with Gasteiger partial charge in [-0.25, -0.2) is 18.6 Å². The minimum Gasteiger partial charge on any atom is -0.495 e. The highest BCUT2D eigenvalue weighted by Gasteiger charge is 2.23. The fourth-order valence-electron chi connectivity index (χ4n) is 1.09. The maximum atomic E-state index is 12.6. The summed E-state index contributed by atoms with van der Waals surface area (Å²) >= 11 is 1.72. The second-order valence-corrected chi connectivity index (χ2v) is 3.78. The number of nitrogens with zero attached hydrogens (tertiary/aromatic N) is 1. The van der Waals surface area contributed by atoms with E-state index >= 15 is 0 Å². The molecule has 0 aliphatic carbocycles. The van der Waals surface area contributed by atoms with E-state index in [0.29, 0.717) is 0 Å². The third-order valence-corrected chi connectivity index (χ3v) is 2.82. The standard InChI is InChI=1S/C9H8F2INO3/c1-15-7-4(8(10)11)3-13-6(5(7)12)9(14)16-2/h3,8H,1-2H3. The van der Waals surface area contributed by atoms with Crippen LogP contribution in [0.4, 0.5) is 8.78 Å². The van der Waals surface area contributed by atoms with Crippen LogP contribution in [-0.2, 0) is 4.74 Å². The summed E-state index contributed by atoms with van der Waals surface area (Å²) in [5.41, 5.74) is -0.385. The highest BCUT2D eigenvalue weighted by Crippen LogP contribution is 2.33. The lowest BCUT2D eigenvalue weighted by Crippen LogP contribution is -2.09. The molecule has 0 bridgehead atoms. The van der Waals surface area contributed by atoms with E-state index in [0.717, 1.165) is 6.20 Å². The highest BCUT2D eigenvalue weighted by molar-refractivity contribution is 14.1. The van der Waals surface area contributed by atoms with Crippen LogP contribution in [0.1, 0.15) is 22.5 Å². The molecule has 0 aliphatic heterocycles. The summed E-state index contributed by atoms with van der Waals surface area (Å²) in [6.07, 6.45) is -1.79. The number of esters is 1. The van der Waals surface area contributed by atoms with Gasteiger partial charge in [0.15, 0.2) is 5.69 Å². The van der Waals surface area contributed by atoms with Gasteiger partial charge >= 0.3 is 5.97 Å². The zero-order valence-electron chi connectivity index (χ0n) is 8.46. The lowest BCUT2D eigenvalue weighted by molar-refractivity contribution is 0.0591. The fraction of sp³-hybridized carbons (Fsp3) is 0.333. The molecule has 0 amide bonds. The molecular weight excluding hydrogens is 335 g/mol. The quantitative estimate of drug-likeness (QED) is 0.625. The van der Waals surface area contributed by atoms with Gasteiger partial charge < -0.3 is 9.47 Å². The molecule has 88 valence electrons. The average Bonchev–Trinajstić information content (AvgIpc) is 2.27. The second kappa shape index (κ2) is 5.37. The number of hydrogen-bond acceptors (Lipinski definition) is 4. The molecule has 0 aliphatic rings. The van der Waals surface area contributed by atoms with Gasteiger partial charge in [0, 0.05) is 6.20 Å². The van der Waals surface area contributed by atoms with Gasteiger partial charge in [0.05, 0.1) is 23.4 Å². The molecule has 1 aromatic rings. The van der Waals surface area contributed by atoms with Crippen molar-refractivity contribution in [2.45, 2.75) is 6.43 Å². The Bertz CT molecular complexity index is 412. The fourth-order valence-corrected chi connectivity index (χ4v) is 1.98. The molecule has 0 fully saturated rings. The first-order chi connectivity index (χ1) is 7.52. The largest absolute Gasteiger partial charge is 0.495 e. The summed E-state index contributed by atoms with van der Waals surface area (Å²) in [6.45, 7) is 0. The van der Waals surface area contributed by atoms with Crippen LogP contribution in [0, 0.1) is 3.57 Å². The van der Waals surface area contributed by atoms with Gasteiger partial charge in [-0.2, -0.15) is 0 Å². The normalized spacial score (nSPS) is 10.4. The van der Waals surface area contributed by atoms with Gasteiger partial charge in [-0.15, -0.1) is 0 Å². The number of hydrogen-bond donors (Lipinski definition) is 0. The van der Waals surface area contributed by atoms with Crippen LogP contribution in [0.5, 0.6) is 5.75 Å². The van der Waals surface area contributed by atoms with Gasteiger partial charge in [-0.05, 0) is 22.6 Å². The molecule has 1 rings (SSSR count). The first-order valence-corrected chi connectivity index (χ1v) is 5.19. The molecule has 1 heterocycles. The minimum atomic E-state index is -2.71. The number of carbonyl (C=O) groups excluding carboxylic acids is 1. The van der Waals surface area contributed by atoms with Gasteiger partial charge in [0.2, 0.25) is 0 Å². The molecule has 0 unspecified atom stereocenters. The Kier molecular flexibility index (Phi) is 4.39. The third kappa shape index (κ3) is 2.39. The van der Waals surface area contributed by atoms with E-state index in [1.165, 1.54) is 14.2 Å². The molecule has 16 heavy (non-hydrogen) atoms. The number of pyridine rings is 1. The number of carbonyl (C=O) groups is 1. The maximum Gasteiger partial charge on any atom is 0.357 e. The Morgan fingerprint density at radius 2 is 2.12 bits per heavy atom. The molecular formula is C9H8F2INO3. The Balaban J connectivity index is 3.34. The van der Waals surface area contributed by atoms with Crippen molar-refractivity contribution in [1.29, 1.82) is 0 Å². The van der Waals surface area contributed by atoms with E-state index in [2.05, 4.69) is 9.72 Å². The lowest BCUT2D eigenvalue weighted by Gasteiger charge is -2.11. The van der Waals surface area contributed by atoms with Crippen molar-refractivity contribution in [2.24, 2.45) is 0 Å². The maximum absolute atomic E-state index is 12.6. The van der Waals surface area contributed by atoms with Crippen LogP contribution in [0.3, 0.4) is 0 Å². The van der Waals surface area contributed by atoms with Crippen LogP contribution in [0.25, 0.3) is 0 Å². The topological polar surface area (TPSA) is 48.4 Å². The summed E-state index contributed by atoms with van der Waals surface area (Å²) in [7, 11) is 2.44. The summed E-state index contributed by atoms with van der Waals surface area (Å²) in [5, 5.41) is 0. The van der Waals surface area contributed by atoms with Crippen LogP contribution in [0.15, 0.2) is 6.20 Å². The summed E-state index contributed by atoms with van der Waals surface area (Å²) < 4.78 is 34.7. The molecule has 0 spiro atoms. The lowest BCUT2D eigenvalue weighted by atomic mass is 10.2. The molecule has 1 aromatic heterocycles. The van der Waals surface area contributed by atoms with E-state index < -0.39 is 12.4 Å². The first-order valence-electron chi connectivity index (χ1n) is 4.11. The molecule has 0 atom stereocenters. The van der Waals surface area contributed by atoms with E-state index in [-0.39, 0.29) is 20.6 Å². The minimum absolute atomic E-state index is 0.0376. The number of rotatable bonds is 3.